The van der Waals surface area contributed by atoms with E-state index < -0.39 is 0 Å². The minimum absolute atomic E-state index is 0. The third-order valence-electron chi connectivity index (χ3n) is 3.67. The summed E-state index contributed by atoms with van der Waals surface area (Å²) in [6.45, 7) is 15.9. The Hall–Kier alpha value is -0.0800. The largest absolute Gasteiger partial charge is 0.377 e. The normalized spacial score (nSPS) is 12.8. The zero-order chi connectivity index (χ0) is 16.5. The first kappa shape index (κ1) is 24.2. The molecule has 0 heterocycles. The summed E-state index contributed by atoms with van der Waals surface area (Å²) in [6, 6.07) is 1.18. The maximum Gasteiger partial charge on any atom is 0.191 e. The van der Waals surface area contributed by atoms with Crippen LogP contribution in [0.4, 0.5) is 0 Å². The highest BCUT2D eigenvalue weighted by Crippen LogP contribution is 2.05. The molecular formula is C16H37IN4O. The number of methoxy groups -OCH3 is 1. The van der Waals surface area contributed by atoms with Gasteiger partial charge in [0.05, 0.1) is 5.60 Å². The highest BCUT2D eigenvalue weighted by Gasteiger charge is 2.16. The third-order valence-corrected chi connectivity index (χ3v) is 3.67. The van der Waals surface area contributed by atoms with Gasteiger partial charge >= 0.3 is 0 Å². The number of ether oxygens (including phenoxy) is 1. The van der Waals surface area contributed by atoms with Crippen LogP contribution in [0.3, 0.4) is 0 Å². The van der Waals surface area contributed by atoms with Gasteiger partial charge in [-0.2, -0.15) is 0 Å². The Morgan fingerprint density at radius 3 is 2.09 bits per heavy atom. The fourth-order valence-electron chi connectivity index (χ4n) is 2.17. The Morgan fingerprint density at radius 1 is 1.14 bits per heavy atom. The van der Waals surface area contributed by atoms with Crippen molar-refractivity contribution in [3.63, 3.8) is 0 Å². The van der Waals surface area contributed by atoms with E-state index in [-0.39, 0.29) is 29.6 Å². The molecule has 0 saturated heterocycles. The van der Waals surface area contributed by atoms with Crippen molar-refractivity contribution in [2.45, 2.75) is 65.6 Å². The smallest absolute Gasteiger partial charge is 0.191 e. The van der Waals surface area contributed by atoms with Crippen LogP contribution in [0.2, 0.25) is 0 Å². The van der Waals surface area contributed by atoms with Crippen LogP contribution in [0, 0.1) is 0 Å². The van der Waals surface area contributed by atoms with E-state index >= 15 is 0 Å². The van der Waals surface area contributed by atoms with E-state index in [0.29, 0.717) is 12.1 Å². The predicted molar refractivity (Wildman–Crippen MR) is 107 cm³/mol. The van der Waals surface area contributed by atoms with Crippen LogP contribution in [0.25, 0.3) is 0 Å². The van der Waals surface area contributed by atoms with Crippen LogP contribution in [-0.2, 0) is 4.74 Å². The van der Waals surface area contributed by atoms with E-state index in [9.17, 15) is 0 Å². The van der Waals surface area contributed by atoms with E-state index in [0.717, 1.165) is 32.0 Å². The SMILES string of the molecule is CN=C(NCCCN(C(C)C)C(C)C)NCC(C)(C)OC.I. The summed E-state index contributed by atoms with van der Waals surface area (Å²) in [5, 5.41) is 6.65. The van der Waals surface area contributed by atoms with Gasteiger partial charge in [-0.1, -0.05) is 0 Å². The molecule has 0 saturated carbocycles. The summed E-state index contributed by atoms with van der Waals surface area (Å²) in [5.74, 6) is 0.834. The minimum atomic E-state index is -0.191. The molecule has 0 radical (unpaired) electrons. The van der Waals surface area contributed by atoms with Crippen molar-refractivity contribution >= 4 is 29.9 Å². The second-order valence-electron chi connectivity index (χ2n) is 6.60. The highest BCUT2D eigenvalue weighted by molar-refractivity contribution is 14.0. The molecule has 0 atom stereocenters. The van der Waals surface area contributed by atoms with E-state index in [2.05, 4.69) is 62.1 Å². The van der Waals surface area contributed by atoms with Crippen LogP contribution < -0.4 is 10.6 Å². The second-order valence-corrected chi connectivity index (χ2v) is 6.60. The molecule has 0 bridgehead atoms. The number of hydrogen-bond donors (Lipinski definition) is 2. The maximum atomic E-state index is 5.39. The molecule has 0 aliphatic carbocycles. The van der Waals surface area contributed by atoms with E-state index in [1.165, 1.54) is 0 Å². The van der Waals surface area contributed by atoms with Crippen LogP contribution >= 0.6 is 24.0 Å². The molecule has 0 rings (SSSR count). The minimum Gasteiger partial charge on any atom is -0.377 e. The third kappa shape index (κ3) is 10.6. The van der Waals surface area contributed by atoms with Crippen molar-refractivity contribution < 1.29 is 4.74 Å². The molecule has 0 amide bonds. The van der Waals surface area contributed by atoms with Crippen molar-refractivity contribution in [2.75, 3.05) is 33.8 Å². The molecule has 0 aliphatic heterocycles. The first-order valence-electron chi connectivity index (χ1n) is 7.99. The Labute approximate surface area is 154 Å². The molecule has 0 aromatic carbocycles. The topological polar surface area (TPSA) is 48.9 Å². The molecule has 5 nitrogen and oxygen atoms in total. The maximum absolute atomic E-state index is 5.39. The molecule has 0 aromatic rings. The Bertz CT molecular complexity index is 299. The van der Waals surface area contributed by atoms with Gasteiger partial charge in [0.15, 0.2) is 5.96 Å². The number of nitrogens with one attached hydrogen (secondary N) is 2. The summed E-state index contributed by atoms with van der Waals surface area (Å²) in [5.41, 5.74) is -0.191. The van der Waals surface area contributed by atoms with E-state index in [1.54, 1.807) is 14.2 Å². The van der Waals surface area contributed by atoms with Gasteiger partial charge in [0.25, 0.3) is 0 Å². The summed E-state index contributed by atoms with van der Waals surface area (Å²) < 4.78 is 5.39. The van der Waals surface area contributed by atoms with Gasteiger partial charge < -0.3 is 15.4 Å². The van der Waals surface area contributed by atoms with Crippen molar-refractivity contribution in [3.8, 4) is 0 Å². The Balaban J connectivity index is 0. The molecular weight excluding hydrogens is 391 g/mol. The average molecular weight is 428 g/mol. The highest BCUT2D eigenvalue weighted by atomic mass is 127. The number of guanidine groups is 1. The second kappa shape index (κ2) is 12.4. The summed E-state index contributed by atoms with van der Waals surface area (Å²) in [4.78, 5) is 6.74. The van der Waals surface area contributed by atoms with Gasteiger partial charge in [-0.3, -0.25) is 9.89 Å². The molecule has 2 N–H and O–H groups in total. The number of aliphatic imine (C=N–C) groups is 1. The first-order valence-corrected chi connectivity index (χ1v) is 7.99. The summed E-state index contributed by atoms with van der Waals surface area (Å²) in [6.07, 6.45) is 1.10. The number of rotatable bonds is 9. The Kier molecular flexibility index (Phi) is 13.6. The lowest BCUT2D eigenvalue weighted by Crippen LogP contribution is -2.46. The zero-order valence-electron chi connectivity index (χ0n) is 15.7. The van der Waals surface area contributed by atoms with Crippen molar-refractivity contribution in [1.29, 1.82) is 0 Å². The number of hydrogen-bond acceptors (Lipinski definition) is 3. The quantitative estimate of drug-likeness (QED) is 0.257. The van der Waals surface area contributed by atoms with Gasteiger partial charge in [-0.15, -0.1) is 24.0 Å². The lowest BCUT2D eigenvalue weighted by molar-refractivity contribution is 0.0268. The van der Waals surface area contributed by atoms with Gasteiger partial charge in [0, 0.05) is 45.9 Å². The van der Waals surface area contributed by atoms with Gasteiger partial charge in [-0.05, 0) is 48.0 Å². The average Bonchev–Trinajstić information content (AvgIpc) is 2.41. The number of halogens is 1. The van der Waals surface area contributed by atoms with Crippen LogP contribution in [-0.4, -0.2) is 62.3 Å². The molecule has 0 unspecified atom stereocenters. The van der Waals surface area contributed by atoms with Gasteiger partial charge in [0.2, 0.25) is 0 Å². The number of nitrogens with zero attached hydrogens (tertiary/aromatic N) is 2. The molecule has 6 heteroatoms. The van der Waals surface area contributed by atoms with Gasteiger partial charge in [-0.25, -0.2) is 0 Å². The lowest BCUT2D eigenvalue weighted by atomic mass is 10.1. The van der Waals surface area contributed by atoms with Crippen LogP contribution in [0.15, 0.2) is 4.99 Å². The van der Waals surface area contributed by atoms with Crippen molar-refractivity contribution in [2.24, 2.45) is 4.99 Å². The predicted octanol–water partition coefficient (Wildman–Crippen LogP) is 2.70. The molecule has 0 aliphatic rings. The molecule has 0 fully saturated rings. The first-order chi connectivity index (χ1) is 9.73. The van der Waals surface area contributed by atoms with E-state index in [1.807, 2.05) is 0 Å². The monoisotopic (exact) mass is 428 g/mol. The fourth-order valence-corrected chi connectivity index (χ4v) is 2.17. The zero-order valence-corrected chi connectivity index (χ0v) is 18.0. The fraction of sp³-hybridized carbons (Fsp3) is 0.938. The summed E-state index contributed by atoms with van der Waals surface area (Å²) in [7, 11) is 3.52. The van der Waals surface area contributed by atoms with Crippen LogP contribution in [0.5, 0.6) is 0 Å². The standard InChI is InChI=1S/C16H36N4O.HI/c1-13(2)20(14(3)4)11-9-10-18-15(17-7)19-12-16(5,6)21-8;/h13-14H,9-12H2,1-8H3,(H2,17,18,19);1H. The van der Waals surface area contributed by atoms with E-state index in [4.69, 9.17) is 4.74 Å². The van der Waals surface area contributed by atoms with Crippen LogP contribution in [0.1, 0.15) is 48.0 Å². The summed E-state index contributed by atoms with van der Waals surface area (Å²) >= 11 is 0. The van der Waals surface area contributed by atoms with Crippen molar-refractivity contribution in [3.05, 3.63) is 0 Å². The molecule has 0 aromatic heterocycles. The lowest BCUT2D eigenvalue weighted by Gasteiger charge is -2.30. The molecule has 0 spiro atoms. The van der Waals surface area contributed by atoms with Crippen molar-refractivity contribution in [1.82, 2.24) is 15.5 Å². The van der Waals surface area contributed by atoms with Gasteiger partial charge in [0.1, 0.15) is 0 Å². The molecule has 134 valence electrons. The molecule has 22 heavy (non-hydrogen) atoms. The Morgan fingerprint density at radius 2 is 1.68 bits per heavy atom.